The third-order valence-electron chi connectivity index (χ3n) is 3.64. The molecule has 80 valence electrons. The van der Waals surface area contributed by atoms with Crippen LogP contribution >= 0.6 is 0 Å². The van der Waals surface area contributed by atoms with Crippen molar-refractivity contribution in [3.8, 4) is 0 Å². The molecule has 0 amide bonds. The fourth-order valence-electron chi connectivity index (χ4n) is 2.74. The van der Waals surface area contributed by atoms with Gasteiger partial charge in [-0.25, -0.2) is 4.98 Å². The minimum absolute atomic E-state index is 0.339. The standard InChI is InChI=1S/C12H16N2O/c15-10-5-6-14-8-11(13-12(14)7-10)9-3-1-2-4-9/h8-9H,1-7H2. The fourth-order valence-corrected chi connectivity index (χ4v) is 2.74. The van der Waals surface area contributed by atoms with E-state index < -0.39 is 0 Å². The van der Waals surface area contributed by atoms with Crippen molar-refractivity contribution in [1.29, 1.82) is 0 Å². The van der Waals surface area contributed by atoms with Crippen LogP contribution < -0.4 is 0 Å². The van der Waals surface area contributed by atoms with Gasteiger partial charge in [0.05, 0.1) is 12.1 Å². The minimum atomic E-state index is 0.339. The number of fused-ring (bicyclic) bond motifs is 1. The normalized spacial score (nSPS) is 22.0. The van der Waals surface area contributed by atoms with Crippen molar-refractivity contribution in [3.05, 3.63) is 17.7 Å². The van der Waals surface area contributed by atoms with E-state index in [1.54, 1.807) is 0 Å². The Labute approximate surface area is 89.5 Å². The van der Waals surface area contributed by atoms with Crippen molar-refractivity contribution < 1.29 is 4.79 Å². The van der Waals surface area contributed by atoms with Crippen molar-refractivity contribution in [3.63, 3.8) is 0 Å². The maximum atomic E-state index is 11.3. The summed E-state index contributed by atoms with van der Waals surface area (Å²) in [5.74, 6) is 2.00. The number of Topliss-reactive ketones (excluding diaryl/α,β-unsaturated/α-hetero) is 1. The van der Waals surface area contributed by atoms with Crippen LogP contribution in [0.4, 0.5) is 0 Å². The SMILES string of the molecule is O=C1CCn2cc(C3CCCC3)nc2C1. The third kappa shape index (κ3) is 1.60. The first kappa shape index (κ1) is 9.13. The van der Waals surface area contributed by atoms with E-state index in [4.69, 9.17) is 0 Å². The first-order valence-corrected chi connectivity index (χ1v) is 5.90. The van der Waals surface area contributed by atoms with E-state index in [9.17, 15) is 4.79 Å². The molecule has 1 saturated carbocycles. The van der Waals surface area contributed by atoms with Gasteiger partial charge in [-0.05, 0) is 12.8 Å². The molecule has 0 saturated heterocycles. The summed E-state index contributed by atoms with van der Waals surface area (Å²) < 4.78 is 2.18. The van der Waals surface area contributed by atoms with E-state index in [1.165, 1.54) is 31.4 Å². The lowest BCUT2D eigenvalue weighted by atomic mass is 10.1. The molecule has 3 nitrogen and oxygen atoms in total. The van der Waals surface area contributed by atoms with Gasteiger partial charge in [0.2, 0.25) is 0 Å². The Morgan fingerprint density at radius 1 is 1.33 bits per heavy atom. The number of nitrogens with zero attached hydrogens (tertiary/aromatic N) is 2. The van der Waals surface area contributed by atoms with Crippen molar-refractivity contribution in [2.24, 2.45) is 0 Å². The number of rotatable bonds is 1. The molecule has 15 heavy (non-hydrogen) atoms. The van der Waals surface area contributed by atoms with Gasteiger partial charge in [-0.2, -0.15) is 0 Å². The lowest BCUT2D eigenvalue weighted by molar-refractivity contribution is -0.119. The summed E-state index contributed by atoms with van der Waals surface area (Å²) in [5.41, 5.74) is 1.23. The molecule has 1 aromatic heterocycles. The number of hydrogen-bond donors (Lipinski definition) is 0. The second kappa shape index (κ2) is 3.47. The Balaban J connectivity index is 1.88. The van der Waals surface area contributed by atoms with Gasteiger partial charge in [0, 0.05) is 25.1 Å². The highest BCUT2D eigenvalue weighted by Crippen LogP contribution is 2.33. The average Bonchev–Trinajstić information content (AvgIpc) is 2.84. The molecule has 0 bridgehead atoms. The number of carbonyl (C=O) groups excluding carboxylic acids is 1. The highest BCUT2D eigenvalue weighted by atomic mass is 16.1. The molecule has 3 heteroatoms. The van der Waals surface area contributed by atoms with E-state index in [2.05, 4.69) is 15.7 Å². The lowest BCUT2D eigenvalue weighted by Gasteiger charge is -2.11. The Morgan fingerprint density at radius 2 is 2.13 bits per heavy atom. The Morgan fingerprint density at radius 3 is 2.93 bits per heavy atom. The molecule has 3 rings (SSSR count). The summed E-state index contributed by atoms with van der Waals surface area (Å²) in [7, 11) is 0. The van der Waals surface area contributed by atoms with Crippen molar-refractivity contribution >= 4 is 5.78 Å². The van der Waals surface area contributed by atoms with Gasteiger partial charge < -0.3 is 4.57 Å². The maximum absolute atomic E-state index is 11.3. The first-order valence-electron chi connectivity index (χ1n) is 5.90. The monoisotopic (exact) mass is 204 g/mol. The summed E-state index contributed by atoms with van der Waals surface area (Å²) in [5, 5.41) is 0. The molecule has 1 fully saturated rings. The van der Waals surface area contributed by atoms with Gasteiger partial charge in [0.1, 0.15) is 11.6 Å². The molecule has 1 aliphatic heterocycles. The Hall–Kier alpha value is -1.12. The van der Waals surface area contributed by atoms with Crippen LogP contribution in [0.25, 0.3) is 0 Å². The second-order valence-electron chi connectivity index (χ2n) is 4.72. The summed E-state index contributed by atoms with van der Waals surface area (Å²) in [6, 6.07) is 0. The van der Waals surface area contributed by atoms with Gasteiger partial charge >= 0.3 is 0 Å². The fraction of sp³-hybridized carbons (Fsp3) is 0.667. The average molecular weight is 204 g/mol. The number of ketones is 1. The predicted molar refractivity (Wildman–Crippen MR) is 56.8 cm³/mol. The van der Waals surface area contributed by atoms with E-state index in [-0.39, 0.29) is 0 Å². The lowest BCUT2D eigenvalue weighted by Crippen LogP contribution is -2.18. The zero-order valence-corrected chi connectivity index (χ0v) is 8.91. The number of carbonyl (C=O) groups is 1. The molecule has 0 atom stereocenters. The van der Waals surface area contributed by atoms with Crippen LogP contribution in [0.5, 0.6) is 0 Å². The van der Waals surface area contributed by atoms with E-state index in [0.717, 1.165) is 12.4 Å². The van der Waals surface area contributed by atoms with E-state index >= 15 is 0 Å². The molecule has 0 spiro atoms. The van der Waals surface area contributed by atoms with Crippen molar-refractivity contribution in [1.82, 2.24) is 9.55 Å². The molecule has 0 aromatic carbocycles. The zero-order valence-electron chi connectivity index (χ0n) is 8.91. The highest BCUT2D eigenvalue weighted by Gasteiger charge is 2.23. The Kier molecular flexibility index (Phi) is 2.11. The van der Waals surface area contributed by atoms with Gasteiger partial charge in [-0.1, -0.05) is 12.8 Å². The van der Waals surface area contributed by atoms with Crippen molar-refractivity contribution in [2.45, 2.75) is 51.0 Å². The second-order valence-corrected chi connectivity index (χ2v) is 4.72. The Bertz CT molecular complexity index is 388. The molecule has 1 aliphatic carbocycles. The van der Waals surface area contributed by atoms with Gasteiger partial charge in [0.15, 0.2) is 0 Å². The zero-order chi connectivity index (χ0) is 10.3. The molecule has 2 aliphatic rings. The first-order chi connectivity index (χ1) is 7.33. The third-order valence-corrected chi connectivity index (χ3v) is 3.64. The molecule has 0 radical (unpaired) electrons. The van der Waals surface area contributed by atoms with Crippen LogP contribution in [0.2, 0.25) is 0 Å². The minimum Gasteiger partial charge on any atom is -0.334 e. The molecule has 0 unspecified atom stereocenters. The quantitative estimate of drug-likeness (QED) is 0.701. The topological polar surface area (TPSA) is 34.9 Å². The van der Waals surface area contributed by atoms with Crippen LogP contribution in [0.1, 0.15) is 49.5 Å². The predicted octanol–water partition coefficient (Wildman–Crippen LogP) is 2.06. The number of aryl methyl sites for hydroxylation is 1. The highest BCUT2D eigenvalue weighted by molar-refractivity contribution is 5.80. The summed E-state index contributed by atoms with van der Waals surface area (Å²) >= 11 is 0. The van der Waals surface area contributed by atoms with Crippen LogP contribution in [0.15, 0.2) is 6.20 Å². The van der Waals surface area contributed by atoms with Crippen molar-refractivity contribution in [2.75, 3.05) is 0 Å². The van der Waals surface area contributed by atoms with E-state index in [0.29, 0.717) is 24.5 Å². The van der Waals surface area contributed by atoms with Gasteiger partial charge in [0.25, 0.3) is 0 Å². The summed E-state index contributed by atoms with van der Waals surface area (Å²) in [6.07, 6.45) is 8.66. The molecule has 1 aromatic rings. The maximum Gasteiger partial charge on any atom is 0.142 e. The molecule has 2 heterocycles. The number of imidazole rings is 1. The van der Waals surface area contributed by atoms with E-state index in [1.807, 2.05) is 0 Å². The molecule has 0 N–H and O–H groups in total. The largest absolute Gasteiger partial charge is 0.334 e. The van der Waals surface area contributed by atoms with Crippen LogP contribution in [0, 0.1) is 0 Å². The van der Waals surface area contributed by atoms with Crippen LogP contribution in [0.3, 0.4) is 0 Å². The number of hydrogen-bond acceptors (Lipinski definition) is 2. The smallest absolute Gasteiger partial charge is 0.142 e. The molecular formula is C12H16N2O. The van der Waals surface area contributed by atoms with Gasteiger partial charge in [-0.15, -0.1) is 0 Å². The molecular weight excluding hydrogens is 188 g/mol. The summed E-state index contributed by atoms with van der Waals surface area (Å²) in [4.78, 5) is 15.9. The van der Waals surface area contributed by atoms with Crippen LogP contribution in [-0.2, 0) is 17.8 Å². The van der Waals surface area contributed by atoms with Crippen LogP contribution in [-0.4, -0.2) is 15.3 Å². The number of aromatic nitrogens is 2. The van der Waals surface area contributed by atoms with Gasteiger partial charge in [-0.3, -0.25) is 4.79 Å². The summed E-state index contributed by atoms with van der Waals surface area (Å²) in [6.45, 7) is 0.841.